The van der Waals surface area contributed by atoms with Crippen LogP contribution in [0, 0.1) is 13.8 Å². The van der Waals surface area contributed by atoms with Crippen LogP contribution in [-0.4, -0.2) is 7.11 Å². The molecular formula is C122H71Cl5O22. The molecule has 726 valence electrons. The predicted molar refractivity (Wildman–Crippen MR) is 585 cm³/mol. The molecule has 0 atom stereocenters. The van der Waals surface area contributed by atoms with E-state index in [1.165, 1.54) is 53.6 Å². The highest BCUT2D eigenvalue weighted by Gasteiger charge is 2.22. The van der Waals surface area contributed by atoms with Crippen LogP contribution in [0.25, 0.3) is 231 Å². The molecule has 27 heteroatoms. The molecule has 0 radical (unpaired) electrons. The number of aryl methyl sites for hydroxylation is 2. The Hall–Kier alpha value is -18.4. The molecule has 22 nitrogen and oxygen atoms in total. The summed E-state index contributed by atoms with van der Waals surface area (Å²) >= 11 is 30.3. The second kappa shape index (κ2) is 40.6. The first kappa shape index (κ1) is 95.4. The maximum Gasteiger partial charge on any atom is 0.336 e. The van der Waals surface area contributed by atoms with Gasteiger partial charge in [0.2, 0.25) is 0 Å². The maximum absolute atomic E-state index is 11.3. The smallest absolute Gasteiger partial charge is 0.336 e. The lowest BCUT2D eigenvalue weighted by Gasteiger charge is -2.06. The molecule has 0 aliphatic rings. The Balaban J connectivity index is 0.0000000984. The summed E-state index contributed by atoms with van der Waals surface area (Å²) in [6.07, 6.45) is 11.9. The van der Waals surface area contributed by atoms with Gasteiger partial charge in [-0.3, -0.25) is 0 Å². The minimum Gasteiger partial charge on any atom is -0.496 e. The predicted octanol–water partition coefficient (Wildman–Crippen LogP) is 33.3. The summed E-state index contributed by atoms with van der Waals surface area (Å²) < 4.78 is 80.9. The van der Waals surface area contributed by atoms with Crippen LogP contribution in [-0.2, 0) is 0 Å². The molecule has 0 aliphatic heterocycles. The van der Waals surface area contributed by atoms with Crippen LogP contribution in [0.2, 0.25) is 25.1 Å². The van der Waals surface area contributed by atoms with E-state index in [2.05, 4.69) is 56.3 Å². The van der Waals surface area contributed by atoms with Crippen molar-refractivity contribution in [2.24, 2.45) is 0 Å². The molecule has 0 N–H and O–H groups in total. The minimum absolute atomic E-state index is 0.354. The summed E-state index contributed by atoms with van der Waals surface area (Å²) in [5, 5.41) is 15.8. The number of methoxy groups -OCH3 is 1. The fourth-order valence-corrected chi connectivity index (χ4v) is 18.6. The Morgan fingerprint density at radius 1 is 0.188 bits per heavy atom. The molecule has 28 rings (SSSR count). The fourth-order valence-electron chi connectivity index (χ4n) is 17.7. The molecule has 28 aromatic rings. The lowest BCUT2D eigenvalue weighted by Crippen LogP contribution is -1.93. The van der Waals surface area contributed by atoms with Crippen LogP contribution in [0.4, 0.5) is 0 Å². The van der Waals surface area contributed by atoms with Crippen LogP contribution in [0.3, 0.4) is 0 Å². The van der Waals surface area contributed by atoms with Crippen molar-refractivity contribution in [3.63, 3.8) is 0 Å². The van der Waals surface area contributed by atoms with Gasteiger partial charge in [-0.2, -0.15) is 0 Å². The minimum atomic E-state index is -0.386. The van der Waals surface area contributed by atoms with Crippen molar-refractivity contribution < 1.29 is 66.6 Å². The number of para-hydroxylation sites is 1. The molecule has 0 aliphatic carbocycles. The third-order valence-corrected chi connectivity index (χ3v) is 26.5. The number of hydrogen-bond donors (Lipinski definition) is 0. The van der Waals surface area contributed by atoms with Crippen LogP contribution >= 0.6 is 58.0 Å². The Morgan fingerprint density at radius 2 is 0.470 bits per heavy atom. The molecule has 0 saturated carbocycles. The Morgan fingerprint density at radius 3 is 0.799 bits per heavy atom. The highest BCUT2D eigenvalue weighted by atomic mass is 35.5. The van der Waals surface area contributed by atoms with Gasteiger partial charge in [-0.1, -0.05) is 184 Å². The van der Waals surface area contributed by atoms with Gasteiger partial charge in [0.05, 0.1) is 61.0 Å². The first-order chi connectivity index (χ1) is 72.4. The molecule has 0 amide bonds. The molecule has 0 bridgehead atoms. The summed E-state index contributed by atoms with van der Waals surface area (Å²) in [6, 6.07) is 101. The molecule has 14 aromatic carbocycles. The number of hydrogen-bond acceptors (Lipinski definition) is 22. The number of halogens is 5. The molecule has 0 unspecified atom stereocenters. The summed E-state index contributed by atoms with van der Waals surface area (Å²) in [5.41, 5.74) is 22.0. The number of rotatable bonds is 8. The zero-order valence-corrected chi connectivity index (χ0v) is 81.9. The van der Waals surface area contributed by atoms with Gasteiger partial charge in [0.15, 0.2) is 0 Å². The molecule has 14 aromatic heterocycles. The van der Waals surface area contributed by atoms with Crippen molar-refractivity contribution in [3.05, 3.63) is 487 Å². The quantitative estimate of drug-likeness (QED) is 0.128. The first-order valence-electron chi connectivity index (χ1n) is 46.1. The van der Waals surface area contributed by atoms with Crippen LogP contribution in [0.15, 0.2) is 473 Å². The maximum atomic E-state index is 11.3. The van der Waals surface area contributed by atoms with Gasteiger partial charge < -0.3 is 66.6 Å². The van der Waals surface area contributed by atoms with E-state index in [0.29, 0.717) is 103 Å². The van der Waals surface area contributed by atoms with Crippen LogP contribution in [0.5, 0.6) is 5.75 Å². The third kappa shape index (κ3) is 20.0. The van der Waals surface area contributed by atoms with Gasteiger partial charge in [-0.25, -0.2) is 33.6 Å². The van der Waals surface area contributed by atoms with Crippen molar-refractivity contribution in [3.8, 4) is 83.6 Å². The van der Waals surface area contributed by atoms with Gasteiger partial charge in [-0.05, 0) is 175 Å². The zero-order valence-electron chi connectivity index (χ0n) is 78.2. The zero-order chi connectivity index (χ0) is 102. The summed E-state index contributed by atoms with van der Waals surface area (Å²) in [7, 11) is 1.64. The van der Waals surface area contributed by atoms with Gasteiger partial charge in [-0.15, -0.1) is 0 Å². The Bertz CT molecular complexity index is 10200. The number of fused-ring (bicyclic) bond motifs is 14. The third-order valence-electron chi connectivity index (χ3n) is 25.0. The van der Waals surface area contributed by atoms with Crippen molar-refractivity contribution in [2.75, 3.05) is 7.11 Å². The van der Waals surface area contributed by atoms with E-state index in [-0.39, 0.29) is 39.4 Å². The van der Waals surface area contributed by atoms with Crippen LogP contribution < -0.4 is 44.1 Å². The summed E-state index contributed by atoms with van der Waals surface area (Å²) in [5.74, 6) is 0.782. The SMILES string of the molecule is COc1ccccc1-c1coc2cc3oc(=O)ccc3cc12.Cc1ccc(-c2coc3cc4oc(=O)ccc4cc23)cc1.Cc1cccc(-c2coc3cc4oc(=O)ccc4cc23)c1.O=c1ccc2cc3c(-c4ccc(Cl)c(Cl)c4)coc3cc2o1.O=c1ccc2cc3c(-c4ccc(Cl)cc4)coc3cc2o1.O=c1ccc2cc3c(-c4cccc(Cl)c4)coc3cc2o1.O=c1ccc2cc3c(-c4ccccc4Cl)coc3cc2o1. The number of ether oxygens (including phenoxy) is 1. The van der Waals surface area contributed by atoms with E-state index in [4.69, 9.17) is 125 Å². The number of benzene rings is 14. The van der Waals surface area contributed by atoms with Crippen LogP contribution in [0.1, 0.15) is 11.1 Å². The second-order valence-corrected chi connectivity index (χ2v) is 36.7. The first-order valence-corrected chi connectivity index (χ1v) is 48.0. The van der Waals surface area contributed by atoms with E-state index in [9.17, 15) is 33.6 Å². The molecule has 14 heterocycles. The van der Waals surface area contributed by atoms with E-state index >= 15 is 0 Å². The second-order valence-electron chi connectivity index (χ2n) is 34.6. The lowest BCUT2D eigenvalue weighted by molar-refractivity contribution is 0.416. The summed E-state index contributed by atoms with van der Waals surface area (Å²) in [4.78, 5) is 79.0. The Labute approximate surface area is 863 Å². The average molecular weight is 2070 g/mol. The van der Waals surface area contributed by atoms with Gasteiger partial charge in [0, 0.05) is 225 Å². The van der Waals surface area contributed by atoms with Crippen molar-refractivity contribution in [1.82, 2.24) is 0 Å². The largest absolute Gasteiger partial charge is 0.496 e. The normalized spacial score (nSPS) is 11.3. The molecule has 149 heavy (non-hydrogen) atoms. The van der Waals surface area contributed by atoms with E-state index in [0.717, 1.165) is 159 Å². The molecular weight excluding hydrogens is 1990 g/mol. The van der Waals surface area contributed by atoms with Gasteiger partial charge in [0.25, 0.3) is 0 Å². The topological polar surface area (TPSA) is 313 Å². The van der Waals surface area contributed by atoms with Crippen molar-refractivity contribution in [1.29, 1.82) is 0 Å². The van der Waals surface area contributed by atoms with E-state index in [1.54, 1.807) is 148 Å². The average Bonchev–Trinajstić information content (AvgIpc) is 1.55. The molecule has 0 fully saturated rings. The molecule has 0 saturated heterocycles. The fraction of sp³-hybridized carbons (Fsp3) is 0.0246. The monoisotopic (exact) mass is 2060 g/mol. The van der Waals surface area contributed by atoms with E-state index in [1.807, 2.05) is 152 Å². The number of furan rings is 7. The highest BCUT2D eigenvalue weighted by Crippen LogP contribution is 2.44. The molecule has 0 spiro atoms. The standard InChI is InChI=1S/C18H12O4.2C18H12O3.C17H8Cl2O3.3C17H9ClO3/c1-20-15-5-3-2-4-12(15)14-10-21-17-9-16-11(8-13(14)17)6-7-18(19)22-16;1-11-2-4-12(5-3-11)15-10-20-17-9-16-13(8-14(15)17)6-7-18(19)21-16;1-11-3-2-4-12(7-11)15-10-20-17-9-16-13(8-14(15)17)5-6-18(19)21-16;18-13-3-1-9(6-14(13)19)12-8-21-16-7-15-10(5-11(12)16)2-4-17(20)22-15;18-12-4-1-10(2-5-12)14-9-20-16-8-15-11(7-13(14)16)3-6-17(19)21-15;18-12-3-1-2-10(6-12)14-9-20-16-8-15-11(7-13(14)16)4-5-17(19)21-15;18-14-4-2-1-3-11(14)13-9-20-16-8-15-10(7-12(13)16)5-6-17(19)21-15/h2-10H,1H3;2*2-10H,1H3;1-8H;3*1-9H. The van der Waals surface area contributed by atoms with Gasteiger partial charge in [0.1, 0.15) is 83.9 Å². The van der Waals surface area contributed by atoms with Crippen molar-refractivity contribution in [2.45, 2.75) is 13.8 Å². The van der Waals surface area contributed by atoms with E-state index < -0.39 is 0 Å². The summed E-state index contributed by atoms with van der Waals surface area (Å²) in [6.45, 7) is 4.13. The Kier molecular flexibility index (Phi) is 26.0. The highest BCUT2D eigenvalue weighted by molar-refractivity contribution is 6.42. The van der Waals surface area contributed by atoms with Gasteiger partial charge >= 0.3 is 39.4 Å². The lowest BCUT2D eigenvalue weighted by atomic mass is 10.0. The van der Waals surface area contributed by atoms with Crippen molar-refractivity contribution >= 4 is 212 Å².